The van der Waals surface area contributed by atoms with Gasteiger partial charge in [0.05, 0.1) is 12.7 Å². The van der Waals surface area contributed by atoms with Crippen LogP contribution in [0.25, 0.3) is 0 Å². The lowest BCUT2D eigenvalue weighted by Gasteiger charge is -2.09. The number of esters is 1. The van der Waals surface area contributed by atoms with Crippen LogP contribution in [0.2, 0.25) is 0 Å². The van der Waals surface area contributed by atoms with E-state index in [1.165, 1.54) is 6.92 Å². The Balaban J connectivity index is 2.16. The van der Waals surface area contributed by atoms with Gasteiger partial charge >= 0.3 is 5.97 Å². The average Bonchev–Trinajstić information content (AvgIpc) is 2.48. The molecule has 5 nitrogen and oxygen atoms in total. The molecule has 0 bridgehead atoms. The van der Waals surface area contributed by atoms with E-state index >= 15 is 0 Å². The number of rotatable bonds is 4. The van der Waals surface area contributed by atoms with Crippen LogP contribution in [0.5, 0.6) is 0 Å². The second kappa shape index (κ2) is 5.16. The lowest BCUT2D eigenvalue weighted by atomic mass is 10.3. The maximum Gasteiger partial charge on any atom is 0.304 e. The Labute approximate surface area is 76.9 Å². The summed E-state index contributed by atoms with van der Waals surface area (Å²) in [5.74, 6) is -0.336. The molecule has 1 aliphatic rings. The zero-order chi connectivity index (χ0) is 9.68. The number of carbonyl (C=O) groups excluding carboxylic acids is 1. The molecule has 1 heterocycles. The van der Waals surface area contributed by atoms with Crippen molar-refractivity contribution in [2.75, 3.05) is 20.5 Å². The van der Waals surface area contributed by atoms with Crippen LogP contribution in [-0.2, 0) is 23.7 Å². The molecule has 1 aliphatic heterocycles. The second-order valence-electron chi connectivity index (χ2n) is 2.80. The van der Waals surface area contributed by atoms with Gasteiger partial charge in [0.15, 0.2) is 0 Å². The van der Waals surface area contributed by atoms with Gasteiger partial charge in [-0.05, 0) is 0 Å². The summed E-state index contributed by atoms with van der Waals surface area (Å²) < 4.78 is 19.9. The first-order valence-corrected chi connectivity index (χ1v) is 4.11. The Bertz CT molecular complexity index is 170. The zero-order valence-electron chi connectivity index (χ0n) is 7.82. The van der Waals surface area contributed by atoms with Gasteiger partial charge in [0.25, 0.3) is 0 Å². The molecule has 5 heteroatoms. The highest BCUT2D eigenvalue weighted by atomic mass is 16.7. The second-order valence-corrected chi connectivity index (χ2v) is 2.80. The molecule has 0 radical (unpaired) electrons. The van der Waals surface area contributed by atoms with E-state index in [0.717, 1.165) is 0 Å². The molecule has 0 N–H and O–H groups in total. The quantitative estimate of drug-likeness (QED) is 0.471. The summed E-state index contributed by atoms with van der Waals surface area (Å²) >= 11 is 0. The number of hydrogen-bond donors (Lipinski definition) is 0. The Kier molecular flexibility index (Phi) is 4.14. The van der Waals surface area contributed by atoms with Crippen LogP contribution in [0.3, 0.4) is 0 Å². The van der Waals surface area contributed by atoms with Gasteiger partial charge < -0.3 is 18.9 Å². The average molecular weight is 190 g/mol. The minimum atomic E-state index is -0.459. The summed E-state index contributed by atoms with van der Waals surface area (Å²) in [6.45, 7) is 2.04. The number of hydrogen-bond acceptors (Lipinski definition) is 5. The van der Waals surface area contributed by atoms with Gasteiger partial charge in [0.2, 0.25) is 6.29 Å². The van der Waals surface area contributed by atoms with E-state index in [-0.39, 0.29) is 18.9 Å². The van der Waals surface area contributed by atoms with Crippen LogP contribution in [0.15, 0.2) is 0 Å². The van der Waals surface area contributed by atoms with Crippen molar-refractivity contribution in [3.05, 3.63) is 0 Å². The highest BCUT2D eigenvalue weighted by Crippen LogP contribution is 2.17. The van der Waals surface area contributed by atoms with E-state index in [4.69, 9.17) is 18.9 Å². The first-order valence-electron chi connectivity index (χ1n) is 4.11. The van der Waals surface area contributed by atoms with E-state index in [1.54, 1.807) is 7.11 Å². The molecule has 2 atom stereocenters. The molecule has 1 saturated heterocycles. The molecular weight excluding hydrogens is 176 g/mol. The fourth-order valence-corrected chi connectivity index (χ4v) is 1.11. The molecular formula is C8H14O5. The standard InChI is InChI=1S/C8H14O5/c1-6(9)13-8-3-7(4-11-8)12-5-10-2/h7-8H,3-5H2,1-2H3/t7-,8?/m0/s1. The van der Waals surface area contributed by atoms with E-state index in [1.807, 2.05) is 0 Å². The molecule has 0 aromatic heterocycles. The molecule has 0 aliphatic carbocycles. The normalized spacial score (nSPS) is 27.5. The van der Waals surface area contributed by atoms with Gasteiger partial charge in [-0.3, -0.25) is 4.79 Å². The van der Waals surface area contributed by atoms with Gasteiger partial charge in [-0.25, -0.2) is 0 Å². The number of ether oxygens (including phenoxy) is 4. The molecule has 0 saturated carbocycles. The third kappa shape index (κ3) is 3.71. The Morgan fingerprint density at radius 3 is 3.00 bits per heavy atom. The molecule has 0 aromatic carbocycles. The van der Waals surface area contributed by atoms with Crippen LogP contribution in [0, 0.1) is 0 Å². The molecule has 1 rings (SSSR count). The van der Waals surface area contributed by atoms with Crippen molar-refractivity contribution in [3.63, 3.8) is 0 Å². The first kappa shape index (κ1) is 10.4. The summed E-state index contributed by atoms with van der Waals surface area (Å²) in [6.07, 6.45) is 0.0757. The van der Waals surface area contributed by atoms with Crippen LogP contribution >= 0.6 is 0 Å². The van der Waals surface area contributed by atoms with Crippen LogP contribution < -0.4 is 0 Å². The van der Waals surface area contributed by atoms with Crippen molar-refractivity contribution in [1.82, 2.24) is 0 Å². The first-order chi connectivity index (χ1) is 6.22. The molecule has 1 fully saturated rings. The largest absolute Gasteiger partial charge is 0.436 e. The predicted octanol–water partition coefficient (Wildman–Crippen LogP) is 0.285. The van der Waals surface area contributed by atoms with Crippen molar-refractivity contribution in [3.8, 4) is 0 Å². The van der Waals surface area contributed by atoms with Crippen LogP contribution in [0.4, 0.5) is 0 Å². The predicted molar refractivity (Wildman–Crippen MR) is 42.9 cm³/mol. The Morgan fingerprint density at radius 2 is 2.38 bits per heavy atom. The third-order valence-corrected chi connectivity index (χ3v) is 1.64. The van der Waals surface area contributed by atoms with E-state index in [2.05, 4.69) is 0 Å². The van der Waals surface area contributed by atoms with Crippen molar-refractivity contribution >= 4 is 5.97 Å². The lowest BCUT2D eigenvalue weighted by molar-refractivity contribution is -0.166. The Morgan fingerprint density at radius 1 is 1.62 bits per heavy atom. The molecule has 0 spiro atoms. The van der Waals surface area contributed by atoms with Gasteiger partial charge in [-0.2, -0.15) is 0 Å². The summed E-state index contributed by atoms with van der Waals surface area (Å²) in [4.78, 5) is 10.6. The van der Waals surface area contributed by atoms with Crippen molar-refractivity contribution < 1.29 is 23.7 Å². The van der Waals surface area contributed by atoms with Crippen molar-refractivity contribution in [2.45, 2.75) is 25.7 Å². The maximum atomic E-state index is 10.6. The van der Waals surface area contributed by atoms with E-state index in [9.17, 15) is 4.79 Å². The van der Waals surface area contributed by atoms with E-state index in [0.29, 0.717) is 13.0 Å². The summed E-state index contributed by atoms with van der Waals surface area (Å²) in [5, 5.41) is 0. The zero-order valence-corrected chi connectivity index (χ0v) is 7.82. The van der Waals surface area contributed by atoms with Gasteiger partial charge in [-0.1, -0.05) is 0 Å². The van der Waals surface area contributed by atoms with Crippen LogP contribution in [0.1, 0.15) is 13.3 Å². The smallest absolute Gasteiger partial charge is 0.304 e. The van der Waals surface area contributed by atoms with Gasteiger partial charge in [-0.15, -0.1) is 0 Å². The van der Waals surface area contributed by atoms with Crippen molar-refractivity contribution in [1.29, 1.82) is 0 Å². The Hall–Kier alpha value is -0.650. The van der Waals surface area contributed by atoms with Crippen molar-refractivity contribution in [2.24, 2.45) is 0 Å². The molecule has 76 valence electrons. The number of carbonyl (C=O) groups is 1. The topological polar surface area (TPSA) is 54.0 Å². The summed E-state index contributed by atoms with van der Waals surface area (Å²) in [6, 6.07) is 0. The fourth-order valence-electron chi connectivity index (χ4n) is 1.11. The monoisotopic (exact) mass is 190 g/mol. The highest BCUT2D eigenvalue weighted by Gasteiger charge is 2.28. The SMILES string of the molecule is COCO[C@@H]1COC(OC(C)=O)C1. The maximum absolute atomic E-state index is 10.6. The highest BCUT2D eigenvalue weighted by molar-refractivity contribution is 5.66. The lowest BCUT2D eigenvalue weighted by Crippen LogP contribution is -2.17. The summed E-state index contributed by atoms with van der Waals surface area (Å²) in [5.41, 5.74) is 0. The third-order valence-electron chi connectivity index (χ3n) is 1.64. The molecule has 0 aromatic rings. The van der Waals surface area contributed by atoms with Gasteiger partial charge in [0.1, 0.15) is 6.79 Å². The summed E-state index contributed by atoms with van der Waals surface area (Å²) in [7, 11) is 1.55. The van der Waals surface area contributed by atoms with Crippen LogP contribution in [-0.4, -0.2) is 38.9 Å². The molecule has 1 unspecified atom stereocenters. The van der Waals surface area contributed by atoms with Gasteiger partial charge in [0, 0.05) is 20.5 Å². The molecule has 0 amide bonds. The fraction of sp³-hybridized carbons (Fsp3) is 0.875. The minimum absolute atomic E-state index is 0.0377. The molecule has 13 heavy (non-hydrogen) atoms. The minimum Gasteiger partial charge on any atom is -0.436 e. The number of methoxy groups -OCH3 is 1. The van der Waals surface area contributed by atoms with E-state index < -0.39 is 6.29 Å².